The van der Waals surface area contributed by atoms with Gasteiger partial charge in [0.15, 0.2) is 0 Å². The highest BCUT2D eigenvalue weighted by Gasteiger charge is 2.44. The predicted molar refractivity (Wildman–Crippen MR) is 81.3 cm³/mol. The molecule has 4 heteroatoms. The van der Waals surface area contributed by atoms with E-state index in [1.807, 2.05) is 31.2 Å². The van der Waals surface area contributed by atoms with Gasteiger partial charge in [-0.1, -0.05) is 43.3 Å². The summed E-state index contributed by atoms with van der Waals surface area (Å²) in [5, 5.41) is 18.5. The number of hydrogen-bond acceptors (Lipinski definition) is 2. The molecule has 2 aromatic carbocycles. The van der Waals surface area contributed by atoms with E-state index in [0.29, 0.717) is 6.42 Å². The summed E-state index contributed by atoms with van der Waals surface area (Å²) < 4.78 is 0. The Morgan fingerprint density at radius 3 is 2.27 bits per heavy atom. The zero-order valence-corrected chi connectivity index (χ0v) is 12.1. The predicted octanol–water partition coefficient (Wildman–Crippen LogP) is 3.26. The molecule has 0 heterocycles. The van der Waals surface area contributed by atoms with Crippen molar-refractivity contribution in [2.24, 2.45) is 0 Å². The third kappa shape index (κ3) is 2.08. The van der Waals surface area contributed by atoms with Crippen molar-refractivity contribution in [2.75, 3.05) is 0 Å². The van der Waals surface area contributed by atoms with E-state index in [-0.39, 0.29) is 5.56 Å². The molecule has 0 fully saturated rings. The lowest BCUT2D eigenvalue weighted by molar-refractivity contribution is -0.138. The number of hydrogen-bond donors (Lipinski definition) is 2. The van der Waals surface area contributed by atoms with E-state index in [1.54, 1.807) is 24.3 Å². The van der Waals surface area contributed by atoms with Crippen LogP contribution in [0.25, 0.3) is 0 Å². The number of carboxylic acid groups (broad SMARTS) is 2. The lowest BCUT2D eigenvalue weighted by atomic mass is 9.77. The summed E-state index contributed by atoms with van der Waals surface area (Å²) in [6.45, 7) is 2.02. The van der Waals surface area contributed by atoms with Gasteiger partial charge in [-0.25, -0.2) is 4.79 Å². The molecular weight excluding hydrogens is 280 g/mol. The van der Waals surface area contributed by atoms with Crippen molar-refractivity contribution < 1.29 is 19.8 Å². The van der Waals surface area contributed by atoms with E-state index >= 15 is 0 Å². The van der Waals surface area contributed by atoms with Gasteiger partial charge in [0.05, 0.1) is 11.5 Å². The van der Waals surface area contributed by atoms with Crippen LogP contribution in [0.5, 0.6) is 0 Å². The van der Waals surface area contributed by atoms with Crippen LogP contribution in [-0.2, 0) is 10.2 Å². The second-order valence-corrected chi connectivity index (χ2v) is 5.90. The Morgan fingerprint density at radius 1 is 1.05 bits per heavy atom. The number of aliphatic carboxylic acids is 1. The minimum atomic E-state index is -0.966. The van der Waals surface area contributed by atoms with E-state index in [2.05, 4.69) is 0 Å². The van der Waals surface area contributed by atoms with Gasteiger partial charge in [0.25, 0.3) is 0 Å². The number of rotatable bonds is 3. The van der Waals surface area contributed by atoms with Crippen LogP contribution in [-0.4, -0.2) is 22.2 Å². The molecule has 1 aliphatic rings. The molecule has 112 valence electrons. The lowest BCUT2D eigenvalue weighted by Gasteiger charge is -2.26. The minimum absolute atomic E-state index is 0.230. The van der Waals surface area contributed by atoms with Crippen molar-refractivity contribution in [3.05, 3.63) is 70.8 Å². The molecule has 0 saturated carbocycles. The van der Waals surface area contributed by atoms with Crippen LogP contribution in [0.2, 0.25) is 0 Å². The van der Waals surface area contributed by atoms with Crippen LogP contribution in [0.1, 0.15) is 46.3 Å². The number of benzene rings is 2. The zero-order chi connectivity index (χ0) is 15.9. The molecule has 2 N–H and O–H groups in total. The highest BCUT2D eigenvalue weighted by Crippen LogP contribution is 2.49. The Kier molecular flexibility index (Phi) is 3.24. The molecular formula is C18H16O4. The topological polar surface area (TPSA) is 74.6 Å². The first-order chi connectivity index (χ1) is 10.4. The summed E-state index contributed by atoms with van der Waals surface area (Å²) in [5.41, 5.74) is 2.60. The molecule has 3 rings (SSSR count). The van der Waals surface area contributed by atoms with Gasteiger partial charge in [0.2, 0.25) is 0 Å². The molecule has 0 aliphatic heterocycles. The van der Waals surface area contributed by atoms with Gasteiger partial charge in [0, 0.05) is 5.41 Å². The van der Waals surface area contributed by atoms with Crippen molar-refractivity contribution in [1.82, 2.24) is 0 Å². The van der Waals surface area contributed by atoms with Crippen LogP contribution < -0.4 is 0 Å². The van der Waals surface area contributed by atoms with Gasteiger partial charge >= 0.3 is 11.9 Å². The van der Waals surface area contributed by atoms with Crippen molar-refractivity contribution in [2.45, 2.75) is 24.7 Å². The first-order valence-electron chi connectivity index (χ1n) is 7.09. The molecule has 2 atom stereocenters. The molecule has 0 bridgehead atoms. The van der Waals surface area contributed by atoms with Crippen LogP contribution in [0.3, 0.4) is 0 Å². The fourth-order valence-corrected chi connectivity index (χ4v) is 3.41. The van der Waals surface area contributed by atoms with Crippen LogP contribution in [0.4, 0.5) is 0 Å². The largest absolute Gasteiger partial charge is 0.481 e. The molecule has 2 aromatic rings. The van der Waals surface area contributed by atoms with Crippen LogP contribution in [0, 0.1) is 0 Å². The summed E-state index contributed by atoms with van der Waals surface area (Å²) in [4.78, 5) is 22.5. The Bertz CT molecular complexity index is 748. The smallest absolute Gasteiger partial charge is 0.335 e. The second kappa shape index (κ2) is 4.98. The molecule has 2 unspecified atom stereocenters. The van der Waals surface area contributed by atoms with E-state index in [4.69, 9.17) is 5.11 Å². The number of fused-ring (bicyclic) bond motifs is 1. The summed E-state index contributed by atoms with van der Waals surface area (Å²) in [6, 6.07) is 14.3. The molecule has 0 aromatic heterocycles. The monoisotopic (exact) mass is 296 g/mol. The third-order valence-electron chi connectivity index (χ3n) is 4.61. The van der Waals surface area contributed by atoms with Crippen molar-refractivity contribution in [1.29, 1.82) is 0 Å². The summed E-state index contributed by atoms with van der Waals surface area (Å²) in [6.07, 6.45) is 0.480. The molecule has 0 saturated heterocycles. The van der Waals surface area contributed by atoms with Gasteiger partial charge < -0.3 is 10.2 Å². The quantitative estimate of drug-likeness (QED) is 0.911. The molecule has 1 aliphatic carbocycles. The molecule has 0 amide bonds. The molecule has 4 nitrogen and oxygen atoms in total. The van der Waals surface area contributed by atoms with E-state index in [1.165, 1.54) is 0 Å². The van der Waals surface area contributed by atoms with Crippen LogP contribution >= 0.6 is 0 Å². The van der Waals surface area contributed by atoms with Gasteiger partial charge in [-0.05, 0) is 35.2 Å². The zero-order valence-electron chi connectivity index (χ0n) is 12.1. The van der Waals surface area contributed by atoms with E-state index < -0.39 is 23.3 Å². The van der Waals surface area contributed by atoms with Gasteiger partial charge in [-0.2, -0.15) is 0 Å². The fraction of sp³-hybridized carbons (Fsp3) is 0.222. The fourth-order valence-electron chi connectivity index (χ4n) is 3.41. The Balaban J connectivity index is 2.10. The van der Waals surface area contributed by atoms with Crippen molar-refractivity contribution >= 4 is 11.9 Å². The van der Waals surface area contributed by atoms with E-state index in [9.17, 15) is 14.7 Å². The highest BCUT2D eigenvalue weighted by molar-refractivity contribution is 5.87. The SMILES string of the molecule is CC1(c2ccc(C(=O)O)cc2)CC(C(=O)O)c2ccccc21. The Labute approximate surface area is 128 Å². The second-order valence-electron chi connectivity index (χ2n) is 5.90. The Hall–Kier alpha value is -2.62. The minimum Gasteiger partial charge on any atom is -0.481 e. The lowest BCUT2D eigenvalue weighted by Crippen LogP contribution is -2.21. The Morgan fingerprint density at radius 2 is 1.68 bits per heavy atom. The average molecular weight is 296 g/mol. The van der Waals surface area contributed by atoms with Crippen LogP contribution in [0.15, 0.2) is 48.5 Å². The summed E-state index contributed by atoms with van der Waals surface area (Å²) in [7, 11) is 0. The maximum atomic E-state index is 11.5. The van der Waals surface area contributed by atoms with E-state index in [0.717, 1.165) is 16.7 Å². The number of aromatic carboxylic acids is 1. The number of carboxylic acids is 2. The first-order valence-corrected chi connectivity index (χ1v) is 7.09. The molecule has 22 heavy (non-hydrogen) atoms. The van der Waals surface area contributed by atoms with Crippen molar-refractivity contribution in [3.63, 3.8) is 0 Å². The normalized spacial score (nSPS) is 23.0. The average Bonchev–Trinajstić information content (AvgIpc) is 2.83. The maximum Gasteiger partial charge on any atom is 0.335 e. The molecule has 0 radical (unpaired) electrons. The highest BCUT2D eigenvalue weighted by atomic mass is 16.4. The maximum absolute atomic E-state index is 11.5. The molecule has 0 spiro atoms. The van der Waals surface area contributed by atoms with Crippen molar-refractivity contribution in [3.8, 4) is 0 Å². The standard InChI is InChI=1S/C18H16O4/c1-18(12-8-6-11(7-9-12)16(19)20)10-14(17(21)22)13-4-2-3-5-15(13)18/h2-9,14H,10H2,1H3,(H,19,20)(H,21,22). The number of carbonyl (C=O) groups is 2. The summed E-state index contributed by atoms with van der Waals surface area (Å²) in [5.74, 6) is -2.31. The van der Waals surface area contributed by atoms with Gasteiger partial charge in [-0.3, -0.25) is 4.79 Å². The first kappa shape index (κ1) is 14.3. The van der Waals surface area contributed by atoms with Gasteiger partial charge in [-0.15, -0.1) is 0 Å². The van der Waals surface area contributed by atoms with Gasteiger partial charge in [0.1, 0.15) is 0 Å². The summed E-state index contributed by atoms with van der Waals surface area (Å²) >= 11 is 0. The third-order valence-corrected chi connectivity index (χ3v) is 4.61.